The molecule has 1 aromatic rings. The Bertz CT molecular complexity index is 467. The van der Waals surface area contributed by atoms with Crippen LogP contribution in [0.15, 0.2) is 22.7 Å². The Morgan fingerprint density at radius 3 is 2.33 bits per heavy atom. The molecule has 120 valence electrons. The molecule has 0 aromatic heterocycles. The van der Waals surface area contributed by atoms with Crippen LogP contribution in [-0.2, 0) is 12.7 Å². The molecule has 2 nitrogen and oxygen atoms in total. The van der Waals surface area contributed by atoms with Crippen molar-refractivity contribution < 1.29 is 13.2 Å². The maximum Gasteiger partial charge on any atom is 0.416 e. The van der Waals surface area contributed by atoms with Crippen LogP contribution in [0.25, 0.3) is 0 Å². The van der Waals surface area contributed by atoms with Crippen LogP contribution in [-0.4, -0.2) is 30.6 Å². The maximum atomic E-state index is 13.0. The lowest BCUT2D eigenvalue weighted by atomic mass is 10.1. The third-order valence-corrected chi connectivity index (χ3v) is 3.46. The van der Waals surface area contributed by atoms with Gasteiger partial charge in [0.15, 0.2) is 0 Å². The molecule has 1 rings (SSSR count). The standard InChI is InChI=1S/C15H22BrF3N2/c1-14(2,3)20-7-8-21(4)10-11-5-6-12(16)9-13(11)15(17,18)19/h5-6,9,20H,7-8,10H2,1-4H3. The quantitative estimate of drug-likeness (QED) is 0.836. The van der Waals surface area contributed by atoms with Gasteiger partial charge in [0.1, 0.15) is 0 Å². The summed E-state index contributed by atoms with van der Waals surface area (Å²) in [6.45, 7) is 7.87. The number of hydrogen-bond acceptors (Lipinski definition) is 2. The average molecular weight is 367 g/mol. The number of halogens is 4. The van der Waals surface area contributed by atoms with Crippen LogP contribution in [0.4, 0.5) is 13.2 Å². The molecular formula is C15H22BrF3N2. The van der Waals surface area contributed by atoms with Crippen molar-refractivity contribution in [2.45, 2.75) is 39.0 Å². The van der Waals surface area contributed by atoms with E-state index in [-0.39, 0.29) is 12.1 Å². The second-order valence-corrected chi connectivity index (χ2v) is 7.13. The van der Waals surface area contributed by atoms with E-state index in [1.807, 2.05) is 11.9 Å². The molecule has 1 N–H and O–H groups in total. The summed E-state index contributed by atoms with van der Waals surface area (Å²) in [6.07, 6.45) is -4.33. The van der Waals surface area contributed by atoms with Crippen molar-refractivity contribution >= 4 is 15.9 Å². The van der Waals surface area contributed by atoms with Crippen molar-refractivity contribution in [3.63, 3.8) is 0 Å². The van der Waals surface area contributed by atoms with E-state index < -0.39 is 11.7 Å². The third kappa shape index (κ3) is 6.80. The SMILES string of the molecule is CN(CCNC(C)(C)C)Cc1ccc(Br)cc1C(F)(F)F. The van der Waals surface area contributed by atoms with Crippen molar-refractivity contribution in [3.05, 3.63) is 33.8 Å². The summed E-state index contributed by atoms with van der Waals surface area (Å²) in [5, 5.41) is 3.32. The van der Waals surface area contributed by atoms with Crippen LogP contribution in [0.5, 0.6) is 0 Å². The Labute approximate surface area is 132 Å². The molecule has 0 saturated heterocycles. The molecule has 0 fully saturated rings. The number of likely N-dealkylation sites (N-methyl/N-ethyl adjacent to an activating group) is 1. The second-order valence-electron chi connectivity index (χ2n) is 6.21. The molecule has 0 aliphatic rings. The zero-order chi connectivity index (χ0) is 16.3. The van der Waals surface area contributed by atoms with Gasteiger partial charge in [-0.3, -0.25) is 0 Å². The molecule has 0 unspecified atom stereocenters. The molecule has 0 aliphatic heterocycles. The summed E-state index contributed by atoms with van der Waals surface area (Å²) in [7, 11) is 1.83. The smallest absolute Gasteiger partial charge is 0.311 e. The molecule has 0 atom stereocenters. The Morgan fingerprint density at radius 1 is 1.19 bits per heavy atom. The van der Waals surface area contributed by atoms with Crippen LogP contribution < -0.4 is 5.32 Å². The molecule has 6 heteroatoms. The second kappa shape index (κ2) is 7.11. The van der Waals surface area contributed by atoms with Gasteiger partial charge in [-0.1, -0.05) is 22.0 Å². The topological polar surface area (TPSA) is 15.3 Å². The molecule has 0 saturated carbocycles. The number of rotatable bonds is 5. The predicted octanol–water partition coefficient (Wildman–Crippen LogP) is 4.29. The molecule has 0 amide bonds. The Kier molecular flexibility index (Phi) is 6.25. The highest BCUT2D eigenvalue weighted by atomic mass is 79.9. The van der Waals surface area contributed by atoms with Gasteiger partial charge in [-0.05, 0) is 45.5 Å². The largest absolute Gasteiger partial charge is 0.416 e. The first-order chi connectivity index (χ1) is 9.49. The lowest BCUT2D eigenvalue weighted by molar-refractivity contribution is -0.138. The summed E-state index contributed by atoms with van der Waals surface area (Å²) in [5.74, 6) is 0. The van der Waals surface area contributed by atoms with Crippen LogP contribution in [0.2, 0.25) is 0 Å². The molecule has 0 radical (unpaired) electrons. The van der Waals surface area contributed by atoms with Crippen molar-refractivity contribution in [3.8, 4) is 0 Å². The molecule has 21 heavy (non-hydrogen) atoms. The fourth-order valence-corrected chi connectivity index (χ4v) is 2.30. The molecule has 0 spiro atoms. The number of hydrogen-bond donors (Lipinski definition) is 1. The first-order valence-electron chi connectivity index (χ1n) is 6.78. The zero-order valence-corrected chi connectivity index (χ0v) is 14.4. The maximum absolute atomic E-state index is 13.0. The van der Waals surface area contributed by atoms with Gasteiger partial charge in [0.25, 0.3) is 0 Å². The monoisotopic (exact) mass is 366 g/mol. The highest BCUT2D eigenvalue weighted by Crippen LogP contribution is 2.34. The average Bonchev–Trinajstić information content (AvgIpc) is 2.28. The minimum atomic E-state index is -4.33. The lowest BCUT2D eigenvalue weighted by Crippen LogP contribution is -2.40. The van der Waals surface area contributed by atoms with E-state index in [2.05, 4.69) is 42.0 Å². The van der Waals surface area contributed by atoms with Crippen molar-refractivity contribution in [2.24, 2.45) is 0 Å². The fraction of sp³-hybridized carbons (Fsp3) is 0.600. The van der Waals surface area contributed by atoms with Gasteiger partial charge in [-0.25, -0.2) is 0 Å². The Hall–Kier alpha value is -0.590. The van der Waals surface area contributed by atoms with Gasteiger partial charge in [-0.15, -0.1) is 0 Å². The summed E-state index contributed by atoms with van der Waals surface area (Å²) in [4.78, 5) is 1.89. The van der Waals surface area contributed by atoms with Crippen molar-refractivity contribution in [1.82, 2.24) is 10.2 Å². The van der Waals surface area contributed by atoms with Gasteiger partial charge < -0.3 is 10.2 Å². The summed E-state index contributed by atoms with van der Waals surface area (Å²) in [6, 6.07) is 4.31. The third-order valence-electron chi connectivity index (χ3n) is 2.97. The van der Waals surface area contributed by atoms with Crippen LogP contribution >= 0.6 is 15.9 Å². The molecular weight excluding hydrogens is 345 g/mol. The van der Waals surface area contributed by atoms with Gasteiger partial charge in [0, 0.05) is 29.6 Å². The molecule has 0 bridgehead atoms. The van der Waals surface area contributed by atoms with Gasteiger partial charge >= 0.3 is 6.18 Å². The summed E-state index contributed by atoms with van der Waals surface area (Å²) < 4.78 is 39.5. The van der Waals surface area contributed by atoms with Crippen molar-refractivity contribution in [2.75, 3.05) is 20.1 Å². The number of nitrogens with one attached hydrogen (secondary N) is 1. The fourth-order valence-electron chi connectivity index (χ4n) is 1.94. The number of benzene rings is 1. The predicted molar refractivity (Wildman–Crippen MR) is 83.2 cm³/mol. The van der Waals surface area contributed by atoms with E-state index in [0.717, 1.165) is 12.6 Å². The van der Waals surface area contributed by atoms with Gasteiger partial charge in [-0.2, -0.15) is 13.2 Å². The number of alkyl halides is 3. The van der Waals surface area contributed by atoms with Crippen LogP contribution in [0, 0.1) is 0 Å². The van der Waals surface area contributed by atoms with E-state index in [0.29, 0.717) is 16.6 Å². The molecule has 0 aliphatic carbocycles. The summed E-state index contributed by atoms with van der Waals surface area (Å²) >= 11 is 3.10. The minimum Gasteiger partial charge on any atom is -0.311 e. The molecule has 0 heterocycles. The normalized spacial score (nSPS) is 13.0. The van der Waals surface area contributed by atoms with Crippen LogP contribution in [0.1, 0.15) is 31.9 Å². The first kappa shape index (κ1) is 18.5. The van der Waals surface area contributed by atoms with E-state index in [1.54, 1.807) is 6.07 Å². The van der Waals surface area contributed by atoms with Gasteiger partial charge in [0.05, 0.1) is 5.56 Å². The zero-order valence-electron chi connectivity index (χ0n) is 12.8. The van der Waals surface area contributed by atoms with Crippen LogP contribution in [0.3, 0.4) is 0 Å². The van der Waals surface area contributed by atoms with E-state index >= 15 is 0 Å². The van der Waals surface area contributed by atoms with Gasteiger partial charge in [0.2, 0.25) is 0 Å². The minimum absolute atomic E-state index is 0.00950. The highest BCUT2D eigenvalue weighted by molar-refractivity contribution is 9.10. The van der Waals surface area contributed by atoms with E-state index in [4.69, 9.17) is 0 Å². The first-order valence-corrected chi connectivity index (χ1v) is 7.57. The Morgan fingerprint density at radius 2 is 1.81 bits per heavy atom. The summed E-state index contributed by atoms with van der Waals surface area (Å²) in [5.41, 5.74) is -0.272. The highest BCUT2D eigenvalue weighted by Gasteiger charge is 2.33. The molecule has 1 aromatic carbocycles. The van der Waals surface area contributed by atoms with E-state index in [1.165, 1.54) is 6.07 Å². The number of nitrogens with zero attached hydrogens (tertiary/aromatic N) is 1. The lowest BCUT2D eigenvalue weighted by Gasteiger charge is -2.24. The Balaban J connectivity index is 2.70. The van der Waals surface area contributed by atoms with Crippen molar-refractivity contribution in [1.29, 1.82) is 0 Å². The van der Waals surface area contributed by atoms with E-state index in [9.17, 15) is 13.2 Å².